The average Bonchev–Trinajstić information content (AvgIpc) is 2.43. The molecule has 0 aliphatic heterocycles. The minimum Gasteiger partial charge on any atom is -0.388 e. The lowest BCUT2D eigenvalue weighted by atomic mass is 9.98. The maximum absolute atomic E-state index is 11.6. The molecule has 1 aromatic carbocycles. The highest BCUT2D eigenvalue weighted by molar-refractivity contribution is 5.80. The number of nitrogens with one attached hydrogen (secondary N) is 2. The third-order valence-corrected chi connectivity index (χ3v) is 3.16. The number of carbonyl (C=O) groups is 1. The SMILES string of the molecule is CCC(O)(CC)CNC(=O)CNc1ccccc1. The summed E-state index contributed by atoms with van der Waals surface area (Å²) in [5, 5.41) is 15.8. The van der Waals surface area contributed by atoms with E-state index in [9.17, 15) is 9.90 Å². The zero-order valence-electron chi connectivity index (χ0n) is 11.1. The third kappa shape index (κ3) is 4.75. The van der Waals surface area contributed by atoms with Crippen LogP contribution < -0.4 is 10.6 Å². The molecule has 0 atom stereocenters. The molecule has 0 aliphatic carbocycles. The van der Waals surface area contributed by atoms with Gasteiger partial charge in [-0.1, -0.05) is 32.0 Å². The molecule has 0 aromatic heterocycles. The highest BCUT2D eigenvalue weighted by Crippen LogP contribution is 2.12. The first-order valence-corrected chi connectivity index (χ1v) is 6.37. The number of anilines is 1. The van der Waals surface area contributed by atoms with Crippen molar-refractivity contribution in [1.29, 1.82) is 0 Å². The van der Waals surface area contributed by atoms with Crippen LogP contribution in [0.3, 0.4) is 0 Å². The summed E-state index contributed by atoms with van der Waals surface area (Å²) in [4.78, 5) is 11.6. The second-order valence-corrected chi connectivity index (χ2v) is 4.43. The Morgan fingerprint density at radius 2 is 1.83 bits per heavy atom. The van der Waals surface area contributed by atoms with Crippen molar-refractivity contribution in [2.24, 2.45) is 0 Å². The number of aliphatic hydroxyl groups is 1. The highest BCUT2D eigenvalue weighted by atomic mass is 16.3. The van der Waals surface area contributed by atoms with Gasteiger partial charge in [-0.3, -0.25) is 4.79 Å². The van der Waals surface area contributed by atoms with Gasteiger partial charge in [0.05, 0.1) is 12.1 Å². The van der Waals surface area contributed by atoms with Crippen LogP contribution in [0.1, 0.15) is 26.7 Å². The summed E-state index contributed by atoms with van der Waals surface area (Å²) < 4.78 is 0. The Morgan fingerprint density at radius 1 is 1.22 bits per heavy atom. The second kappa shape index (κ2) is 7.01. The van der Waals surface area contributed by atoms with E-state index in [1.807, 2.05) is 44.2 Å². The van der Waals surface area contributed by atoms with Crippen molar-refractivity contribution < 1.29 is 9.90 Å². The van der Waals surface area contributed by atoms with Gasteiger partial charge in [0.25, 0.3) is 0 Å². The Kier molecular flexibility index (Phi) is 5.65. The van der Waals surface area contributed by atoms with Gasteiger partial charge in [0.15, 0.2) is 0 Å². The van der Waals surface area contributed by atoms with Crippen LogP contribution in [0.2, 0.25) is 0 Å². The topological polar surface area (TPSA) is 61.4 Å². The molecule has 0 spiro atoms. The van der Waals surface area contributed by atoms with Gasteiger partial charge in [-0.15, -0.1) is 0 Å². The number of benzene rings is 1. The Balaban J connectivity index is 2.30. The monoisotopic (exact) mass is 250 g/mol. The largest absolute Gasteiger partial charge is 0.388 e. The first kappa shape index (κ1) is 14.5. The number of rotatable bonds is 7. The van der Waals surface area contributed by atoms with Crippen LogP contribution in [0.15, 0.2) is 30.3 Å². The lowest BCUT2D eigenvalue weighted by molar-refractivity contribution is -0.120. The molecule has 0 aliphatic rings. The van der Waals surface area contributed by atoms with E-state index < -0.39 is 5.60 Å². The number of carbonyl (C=O) groups excluding carboxylic acids is 1. The van der Waals surface area contributed by atoms with E-state index in [1.54, 1.807) is 0 Å². The predicted molar refractivity (Wildman–Crippen MR) is 73.5 cm³/mol. The van der Waals surface area contributed by atoms with Gasteiger partial charge in [0, 0.05) is 12.2 Å². The van der Waals surface area contributed by atoms with Gasteiger partial charge in [-0.05, 0) is 25.0 Å². The number of para-hydroxylation sites is 1. The maximum atomic E-state index is 11.6. The zero-order valence-corrected chi connectivity index (χ0v) is 11.1. The molecule has 4 heteroatoms. The molecule has 0 saturated heterocycles. The molecule has 1 rings (SSSR count). The van der Waals surface area contributed by atoms with Gasteiger partial charge in [0.1, 0.15) is 0 Å². The normalized spacial score (nSPS) is 11.1. The van der Waals surface area contributed by atoms with Crippen LogP contribution in [0.25, 0.3) is 0 Å². The van der Waals surface area contributed by atoms with E-state index in [2.05, 4.69) is 10.6 Å². The molecule has 0 fully saturated rings. The van der Waals surface area contributed by atoms with Crippen LogP contribution >= 0.6 is 0 Å². The standard InChI is InChI=1S/C14H22N2O2/c1-3-14(18,4-2)11-16-13(17)10-15-12-8-6-5-7-9-12/h5-9,15,18H,3-4,10-11H2,1-2H3,(H,16,17). The Morgan fingerprint density at radius 3 is 2.39 bits per heavy atom. The van der Waals surface area contributed by atoms with Crippen LogP contribution in [0.4, 0.5) is 5.69 Å². The van der Waals surface area contributed by atoms with E-state index in [0.29, 0.717) is 19.4 Å². The van der Waals surface area contributed by atoms with Crippen molar-refractivity contribution >= 4 is 11.6 Å². The average molecular weight is 250 g/mol. The molecule has 1 amide bonds. The van der Waals surface area contributed by atoms with Gasteiger partial charge in [-0.2, -0.15) is 0 Å². The first-order chi connectivity index (χ1) is 8.59. The molecule has 4 nitrogen and oxygen atoms in total. The van der Waals surface area contributed by atoms with Crippen molar-refractivity contribution in [3.63, 3.8) is 0 Å². The van der Waals surface area contributed by atoms with Crippen molar-refractivity contribution in [2.75, 3.05) is 18.4 Å². The van der Waals surface area contributed by atoms with Crippen LogP contribution in [-0.2, 0) is 4.79 Å². The van der Waals surface area contributed by atoms with Crippen molar-refractivity contribution in [3.8, 4) is 0 Å². The van der Waals surface area contributed by atoms with E-state index in [1.165, 1.54) is 0 Å². The van der Waals surface area contributed by atoms with E-state index in [0.717, 1.165) is 5.69 Å². The van der Waals surface area contributed by atoms with Gasteiger partial charge in [-0.25, -0.2) is 0 Å². The molecule has 3 N–H and O–H groups in total. The Bertz CT molecular complexity index is 361. The molecule has 0 radical (unpaired) electrons. The number of hydrogen-bond donors (Lipinski definition) is 3. The van der Waals surface area contributed by atoms with E-state index in [4.69, 9.17) is 0 Å². The minimum atomic E-state index is -0.789. The van der Waals surface area contributed by atoms with Crippen molar-refractivity contribution in [1.82, 2.24) is 5.32 Å². The molecule has 0 saturated carbocycles. The van der Waals surface area contributed by atoms with Crippen molar-refractivity contribution in [3.05, 3.63) is 30.3 Å². The quantitative estimate of drug-likeness (QED) is 0.691. The summed E-state index contributed by atoms with van der Waals surface area (Å²) >= 11 is 0. The summed E-state index contributed by atoms with van der Waals surface area (Å²) in [5.74, 6) is -0.112. The second-order valence-electron chi connectivity index (χ2n) is 4.43. The van der Waals surface area contributed by atoms with E-state index >= 15 is 0 Å². The molecule has 0 heterocycles. The van der Waals surface area contributed by atoms with Gasteiger partial charge in [0.2, 0.25) is 5.91 Å². The molecule has 18 heavy (non-hydrogen) atoms. The number of amides is 1. The summed E-state index contributed by atoms with van der Waals surface area (Å²) in [5.41, 5.74) is 0.122. The fraction of sp³-hybridized carbons (Fsp3) is 0.500. The molecular formula is C14H22N2O2. The molecule has 100 valence electrons. The molecule has 0 bridgehead atoms. The van der Waals surface area contributed by atoms with Gasteiger partial charge < -0.3 is 15.7 Å². The smallest absolute Gasteiger partial charge is 0.239 e. The Hall–Kier alpha value is -1.55. The molecule has 0 unspecified atom stereocenters. The zero-order chi connectivity index (χ0) is 13.4. The highest BCUT2D eigenvalue weighted by Gasteiger charge is 2.22. The minimum absolute atomic E-state index is 0.112. The fourth-order valence-corrected chi connectivity index (χ4v) is 1.56. The van der Waals surface area contributed by atoms with Crippen LogP contribution in [0, 0.1) is 0 Å². The lowest BCUT2D eigenvalue weighted by Gasteiger charge is -2.25. The first-order valence-electron chi connectivity index (χ1n) is 6.37. The summed E-state index contributed by atoms with van der Waals surface area (Å²) in [6.07, 6.45) is 1.27. The van der Waals surface area contributed by atoms with Crippen LogP contribution in [0.5, 0.6) is 0 Å². The molecular weight excluding hydrogens is 228 g/mol. The van der Waals surface area contributed by atoms with Crippen LogP contribution in [-0.4, -0.2) is 29.7 Å². The Labute approximate surface area is 108 Å². The number of hydrogen-bond acceptors (Lipinski definition) is 3. The maximum Gasteiger partial charge on any atom is 0.239 e. The third-order valence-electron chi connectivity index (χ3n) is 3.16. The summed E-state index contributed by atoms with van der Waals surface area (Å²) in [6.45, 7) is 4.35. The van der Waals surface area contributed by atoms with Crippen molar-refractivity contribution in [2.45, 2.75) is 32.3 Å². The molecule has 1 aromatic rings. The lowest BCUT2D eigenvalue weighted by Crippen LogP contribution is -2.43. The van der Waals surface area contributed by atoms with Gasteiger partial charge >= 0.3 is 0 Å². The predicted octanol–water partition coefficient (Wildman–Crippen LogP) is 1.77. The van der Waals surface area contributed by atoms with E-state index in [-0.39, 0.29) is 12.5 Å². The summed E-state index contributed by atoms with van der Waals surface area (Å²) in [7, 11) is 0. The fourth-order valence-electron chi connectivity index (χ4n) is 1.56. The summed E-state index contributed by atoms with van der Waals surface area (Å²) in [6, 6.07) is 9.55.